The highest BCUT2D eigenvalue weighted by molar-refractivity contribution is 4.83. The molecule has 2 aliphatic rings. The highest BCUT2D eigenvalue weighted by Crippen LogP contribution is 2.28. The Morgan fingerprint density at radius 3 is 2.41 bits per heavy atom. The maximum Gasteiger partial charge on any atom is 0.0724 e. The number of ether oxygens (including phenoxy) is 1. The van der Waals surface area contributed by atoms with Gasteiger partial charge in [-0.1, -0.05) is 32.6 Å². The van der Waals surface area contributed by atoms with E-state index in [1.807, 2.05) is 7.11 Å². The Morgan fingerprint density at radius 2 is 1.71 bits per heavy atom. The van der Waals surface area contributed by atoms with Crippen LogP contribution in [-0.4, -0.2) is 25.8 Å². The summed E-state index contributed by atoms with van der Waals surface area (Å²) in [6.07, 6.45) is 11.5. The Labute approximate surface area is 107 Å². The van der Waals surface area contributed by atoms with Gasteiger partial charge in [0.15, 0.2) is 0 Å². The molecule has 2 saturated carbocycles. The van der Waals surface area contributed by atoms with Crippen molar-refractivity contribution in [3.8, 4) is 0 Å². The van der Waals surface area contributed by atoms with E-state index >= 15 is 0 Å². The van der Waals surface area contributed by atoms with Crippen LogP contribution in [0.3, 0.4) is 0 Å². The summed E-state index contributed by atoms with van der Waals surface area (Å²) in [7, 11) is 1.87. The van der Waals surface area contributed by atoms with Crippen molar-refractivity contribution in [2.24, 2.45) is 11.8 Å². The Bertz CT molecular complexity index is 211. The fourth-order valence-corrected chi connectivity index (χ4v) is 3.46. The molecule has 0 bridgehead atoms. The lowest BCUT2D eigenvalue weighted by atomic mass is 9.82. The molecule has 2 nitrogen and oxygen atoms in total. The lowest BCUT2D eigenvalue weighted by Gasteiger charge is -2.34. The highest BCUT2D eigenvalue weighted by Gasteiger charge is 2.26. The van der Waals surface area contributed by atoms with Gasteiger partial charge in [0.25, 0.3) is 0 Å². The second-order valence-corrected chi connectivity index (χ2v) is 6.20. The van der Waals surface area contributed by atoms with E-state index in [-0.39, 0.29) is 0 Å². The normalized spacial score (nSPS) is 39.2. The topological polar surface area (TPSA) is 21.3 Å². The molecule has 2 aliphatic carbocycles. The second-order valence-electron chi connectivity index (χ2n) is 6.20. The molecule has 0 aliphatic heterocycles. The van der Waals surface area contributed by atoms with Crippen LogP contribution in [0.4, 0.5) is 0 Å². The smallest absolute Gasteiger partial charge is 0.0724 e. The third-order valence-corrected chi connectivity index (χ3v) is 4.81. The van der Waals surface area contributed by atoms with Crippen molar-refractivity contribution in [3.63, 3.8) is 0 Å². The summed E-state index contributed by atoms with van der Waals surface area (Å²) in [4.78, 5) is 0. The van der Waals surface area contributed by atoms with Gasteiger partial charge in [-0.25, -0.2) is 0 Å². The van der Waals surface area contributed by atoms with E-state index in [9.17, 15) is 0 Å². The molecule has 1 N–H and O–H groups in total. The zero-order valence-electron chi connectivity index (χ0n) is 11.6. The molecule has 0 heterocycles. The molecule has 2 unspecified atom stereocenters. The third kappa shape index (κ3) is 3.96. The van der Waals surface area contributed by atoms with E-state index in [4.69, 9.17) is 4.74 Å². The summed E-state index contributed by atoms with van der Waals surface area (Å²) in [5, 5.41) is 3.78. The minimum atomic E-state index is 0.464. The first-order valence-electron chi connectivity index (χ1n) is 7.55. The van der Waals surface area contributed by atoms with Gasteiger partial charge in [0.05, 0.1) is 6.10 Å². The van der Waals surface area contributed by atoms with Gasteiger partial charge in [0.1, 0.15) is 0 Å². The van der Waals surface area contributed by atoms with Crippen molar-refractivity contribution in [1.82, 2.24) is 5.32 Å². The van der Waals surface area contributed by atoms with Crippen LogP contribution >= 0.6 is 0 Å². The zero-order valence-corrected chi connectivity index (χ0v) is 11.6. The van der Waals surface area contributed by atoms with Crippen LogP contribution in [-0.2, 0) is 4.74 Å². The number of rotatable bonds is 4. The fourth-order valence-electron chi connectivity index (χ4n) is 3.46. The molecule has 2 heteroatoms. The van der Waals surface area contributed by atoms with E-state index in [0.29, 0.717) is 12.1 Å². The summed E-state index contributed by atoms with van der Waals surface area (Å²) in [6.45, 7) is 3.61. The lowest BCUT2D eigenvalue weighted by molar-refractivity contribution is 0.0396. The minimum Gasteiger partial charge on any atom is -0.380 e. The van der Waals surface area contributed by atoms with Crippen molar-refractivity contribution in [3.05, 3.63) is 0 Å². The number of hydrogen-bond donors (Lipinski definition) is 1. The number of nitrogens with one attached hydrogen (secondary N) is 1. The fraction of sp³-hybridized carbons (Fsp3) is 1.00. The first-order valence-corrected chi connectivity index (χ1v) is 7.55. The van der Waals surface area contributed by atoms with Gasteiger partial charge in [0.2, 0.25) is 0 Å². The molecule has 2 atom stereocenters. The van der Waals surface area contributed by atoms with Crippen LogP contribution in [0.5, 0.6) is 0 Å². The van der Waals surface area contributed by atoms with Crippen molar-refractivity contribution < 1.29 is 4.74 Å². The highest BCUT2D eigenvalue weighted by atomic mass is 16.5. The molecule has 0 spiro atoms. The zero-order chi connectivity index (χ0) is 12.1. The summed E-state index contributed by atoms with van der Waals surface area (Å²) in [6, 6.07) is 0.619. The van der Waals surface area contributed by atoms with E-state index < -0.39 is 0 Å². The molecule has 0 aromatic heterocycles. The number of methoxy groups -OCH3 is 1. The summed E-state index contributed by atoms with van der Waals surface area (Å²) < 4.78 is 5.60. The predicted molar refractivity (Wildman–Crippen MR) is 72.2 cm³/mol. The van der Waals surface area contributed by atoms with Crippen LogP contribution in [0.1, 0.15) is 58.3 Å². The lowest BCUT2D eigenvalue weighted by Crippen LogP contribution is -2.45. The Hall–Kier alpha value is -0.0800. The van der Waals surface area contributed by atoms with Gasteiger partial charge < -0.3 is 10.1 Å². The van der Waals surface area contributed by atoms with Crippen LogP contribution in [0.2, 0.25) is 0 Å². The van der Waals surface area contributed by atoms with Crippen molar-refractivity contribution in [2.75, 3.05) is 13.7 Å². The third-order valence-electron chi connectivity index (χ3n) is 4.81. The van der Waals surface area contributed by atoms with E-state index in [1.165, 1.54) is 57.9 Å². The van der Waals surface area contributed by atoms with E-state index in [2.05, 4.69) is 12.2 Å². The molecule has 0 aromatic rings. The van der Waals surface area contributed by atoms with Gasteiger partial charge >= 0.3 is 0 Å². The van der Waals surface area contributed by atoms with Crippen molar-refractivity contribution in [2.45, 2.75) is 70.4 Å². The van der Waals surface area contributed by atoms with Crippen molar-refractivity contribution in [1.29, 1.82) is 0 Å². The van der Waals surface area contributed by atoms with Crippen LogP contribution in [0, 0.1) is 11.8 Å². The monoisotopic (exact) mass is 239 g/mol. The molecule has 0 saturated heterocycles. The maximum absolute atomic E-state index is 5.60. The SMILES string of the molecule is COC1CCCCC1NCC1CCC(C)CC1. The molecular weight excluding hydrogens is 210 g/mol. The van der Waals surface area contributed by atoms with Crippen LogP contribution in [0.25, 0.3) is 0 Å². The molecular formula is C15H29NO. The molecule has 2 rings (SSSR count). The average molecular weight is 239 g/mol. The van der Waals surface area contributed by atoms with E-state index in [1.54, 1.807) is 0 Å². The summed E-state index contributed by atoms with van der Waals surface area (Å²) in [5.41, 5.74) is 0. The van der Waals surface area contributed by atoms with Gasteiger partial charge in [-0.3, -0.25) is 0 Å². The van der Waals surface area contributed by atoms with Crippen LogP contribution < -0.4 is 5.32 Å². The minimum absolute atomic E-state index is 0.464. The van der Waals surface area contributed by atoms with Gasteiger partial charge in [-0.15, -0.1) is 0 Å². The summed E-state index contributed by atoms with van der Waals surface area (Å²) in [5.74, 6) is 1.89. The Kier molecular flexibility index (Phi) is 5.30. The molecule has 0 aromatic carbocycles. The second kappa shape index (κ2) is 6.75. The van der Waals surface area contributed by atoms with Gasteiger partial charge in [-0.2, -0.15) is 0 Å². The van der Waals surface area contributed by atoms with Crippen LogP contribution in [0.15, 0.2) is 0 Å². The first-order chi connectivity index (χ1) is 8.29. The summed E-state index contributed by atoms with van der Waals surface area (Å²) >= 11 is 0. The number of hydrogen-bond acceptors (Lipinski definition) is 2. The molecule has 100 valence electrons. The van der Waals surface area contributed by atoms with Gasteiger partial charge in [0, 0.05) is 13.2 Å². The molecule has 17 heavy (non-hydrogen) atoms. The first kappa shape index (κ1) is 13.4. The average Bonchev–Trinajstić information content (AvgIpc) is 2.38. The van der Waals surface area contributed by atoms with Gasteiger partial charge in [-0.05, 0) is 44.1 Å². The Balaban J connectivity index is 1.69. The molecule has 0 amide bonds. The molecule has 0 radical (unpaired) electrons. The van der Waals surface area contributed by atoms with E-state index in [0.717, 1.165) is 11.8 Å². The quantitative estimate of drug-likeness (QED) is 0.812. The van der Waals surface area contributed by atoms with Crippen molar-refractivity contribution >= 4 is 0 Å². The Morgan fingerprint density at radius 1 is 1.00 bits per heavy atom. The maximum atomic E-state index is 5.60. The predicted octanol–water partition coefficient (Wildman–Crippen LogP) is 3.36. The largest absolute Gasteiger partial charge is 0.380 e. The standard InChI is InChI=1S/C15H29NO/c1-12-7-9-13(10-8-12)11-16-14-5-3-4-6-15(14)17-2/h12-16H,3-11H2,1-2H3. The molecule has 2 fully saturated rings.